The molecule has 0 radical (unpaired) electrons. The van der Waals surface area contributed by atoms with Crippen LogP contribution in [0.4, 0.5) is 0 Å². The highest BCUT2D eigenvalue weighted by Crippen LogP contribution is 2.36. The highest BCUT2D eigenvalue weighted by Gasteiger charge is 2.35. The molecular formula is C7H15NSSi. The molecule has 0 saturated carbocycles. The van der Waals surface area contributed by atoms with Crippen LogP contribution in [0.3, 0.4) is 0 Å². The molecule has 0 bridgehead atoms. The third-order valence-corrected chi connectivity index (χ3v) is 6.76. The minimum atomic E-state index is -1.50. The van der Waals surface area contributed by atoms with Crippen molar-refractivity contribution in [1.82, 2.24) is 0 Å². The highest BCUT2D eigenvalue weighted by atomic mass is 32.1. The first-order valence-electron chi connectivity index (χ1n) is 3.40. The first-order valence-corrected chi connectivity index (χ1v) is 6.76. The zero-order chi connectivity index (χ0) is 8.41. The van der Waals surface area contributed by atoms with E-state index in [9.17, 15) is 0 Å². The minimum Gasteiger partial charge on any atom is -0.273 e. The summed E-state index contributed by atoms with van der Waals surface area (Å²) in [5.41, 5.74) is 0. The van der Waals surface area contributed by atoms with Crippen molar-refractivity contribution in [2.45, 2.75) is 38.9 Å². The van der Waals surface area contributed by atoms with Crippen molar-refractivity contribution in [3.05, 3.63) is 0 Å². The number of thiocarbonyl (C=S) groups is 1. The normalized spacial score (nSPS) is 12.5. The summed E-state index contributed by atoms with van der Waals surface area (Å²) < 4.78 is 4.23. The van der Waals surface area contributed by atoms with E-state index in [1.54, 1.807) is 0 Å². The summed E-state index contributed by atoms with van der Waals surface area (Å²) in [7, 11) is -1.50. The van der Waals surface area contributed by atoms with E-state index in [0.717, 1.165) is 0 Å². The van der Waals surface area contributed by atoms with Crippen molar-refractivity contribution in [3.63, 3.8) is 0 Å². The van der Waals surface area contributed by atoms with Gasteiger partial charge in [0, 0.05) is 5.16 Å². The third-order valence-electron chi connectivity index (χ3n) is 2.16. The van der Waals surface area contributed by atoms with Crippen molar-refractivity contribution in [2.75, 3.05) is 0 Å². The number of nitrogens with zero attached hydrogens (tertiary/aromatic N) is 1. The molecule has 0 amide bonds. The molecule has 3 heteroatoms. The fourth-order valence-corrected chi connectivity index (χ4v) is 1.53. The molecule has 0 aromatic carbocycles. The van der Waals surface area contributed by atoms with Gasteiger partial charge in [-0.1, -0.05) is 20.8 Å². The van der Waals surface area contributed by atoms with Gasteiger partial charge in [-0.15, -0.1) is 0 Å². The molecule has 0 heterocycles. The Bertz CT molecular complexity index is 163. The largest absolute Gasteiger partial charge is 0.273 e. The summed E-state index contributed by atoms with van der Waals surface area (Å²) in [6.45, 7) is 11.0. The van der Waals surface area contributed by atoms with Crippen LogP contribution in [0.5, 0.6) is 0 Å². The fraction of sp³-hybridized carbons (Fsp3) is 0.857. The summed E-state index contributed by atoms with van der Waals surface area (Å²) in [4.78, 5) is 0. The molecule has 0 aromatic heterocycles. The molecule has 0 aliphatic rings. The molecule has 0 rings (SSSR count). The topological polar surface area (TPSA) is 12.4 Å². The Morgan fingerprint density at radius 2 is 1.70 bits per heavy atom. The Hall–Kier alpha value is 0.0169. The van der Waals surface area contributed by atoms with Gasteiger partial charge in [0.1, 0.15) is 0 Å². The molecule has 0 aliphatic heterocycles. The molecule has 0 unspecified atom stereocenters. The number of hydrogen-bond acceptors (Lipinski definition) is 2. The van der Waals surface area contributed by atoms with Crippen molar-refractivity contribution < 1.29 is 0 Å². The second kappa shape index (κ2) is 2.95. The van der Waals surface area contributed by atoms with Gasteiger partial charge in [0.2, 0.25) is 0 Å². The quantitative estimate of drug-likeness (QED) is 0.337. The molecular weight excluding hydrogens is 158 g/mol. The van der Waals surface area contributed by atoms with Crippen molar-refractivity contribution in [3.8, 4) is 0 Å². The van der Waals surface area contributed by atoms with Crippen LogP contribution in [0.25, 0.3) is 0 Å². The maximum absolute atomic E-state index is 4.59. The van der Waals surface area contributed by atoms with E-state index in [1.165, 1.54) is 0 Å². The Balaban J connectivity index is 4.56. The van der Waals surface area contributed by atoms with Gasteiger partial charge < -0.3 is 0 Å². The Kier molecular flexibility index (Phi) is 2.95. The summed E-state index contributed by atoms with van der Waals surface area (Å²) >= 11 is 4.59. The van der Waals surface area contributed by atoms with Gasteiger partial charge in [-0.05, 0) is 30.4 Å². The number of rotatable bonds is 1. The summed E-state index contributed by atoms with van der Waals surface area (Å²) in [5.74, 6) is 0. The maximum atomic E-state index is 4.59. The van der Waals surface area contributed by atoms with Crippen LogP contribution in [-0.4, -0.2) is 13.4 Å². The van der Waals surface area contributed by atoms with Crippen molar-refractivity contribution in [1.29, 1.82) is 0 Å². The Morgan fingerprint density at radius 1 is 1.30 bits per heavy atom. The van der Waals surface area contributed by atoms with E-state index in [0.29, 0.717) is 5.04 Å². The van der Waals surface area contributed by atoms with Gasteiger partial charge in [0.25, 0.3) is 0 Å². The molecule has 0 aromatic rings. The van der Waals surface area contributed by atoms with Crippen LogP contribution >= 0.6 is 12.2 Å². The van der Waals surface area contributed by atoms with Gasteiger partial charge >= 0.3 is 0 Å². The van der Waals surface area contributed by atoms with Crippen molar-refractivity contribution >= 4 is 25.6 Å². The van der Waals surface area contributed by atoms with Gasteiger partial charge in [-0.2, -0.15) is 0 Å². The van der Waals surface area contributed by atoms with Gasteiger partial charge in [0.15, 0.2) is 8.24 Å². The second-order valence-electron chi connectivity index (χ2n) is 4.01. The van der Waals surface area contributed by atoms with Gasteiger partial charge in [0.05, 0.1) is 0 Å². The summed E-state index contributed by atoms with van der Waals surface area (Å²) in [6, 6.07) is 0. The lowest BCUT2D eigenvalue weighted by atomic mass is 10.2. The second-order valence-corrected chi connectivity index (χ2v) is 9.04. The van der Waals surface area contributed by atoms with E-state index in [1.807, 2.05) is 0 Å². The maximum Gasteiger partial charge on any atom is 0.194 e. The van der Waals surface area contributed by atoms with Crippen LogP contribution in [-0.2, 0) is 0 Å². The zero-order valence-corrected chi connectivity index (χ0v) is 9.17. The number of hydrogen-bond donors (Lipinski definition) is 0. The molecule has 1 nitrogen and oxygen atoms in total. The standard InChI is InChI=1S/C7H15NSSi/c1-7(2,3)10(4,5)8-6-9/h1-5H3. The fourth-order valence-electron chi connectivity index (χ4n) is 0.282. The van der Waals surface area contributed by atoms with Crippen LogP contribution < -0.4 is 0 Å². The average Bonchev–Trinajstić information content (AvgIpc) is 1.61. The van der Waals surface area contributed by atoms with Crippen LogP contribution in [0, 0.1) is 0 Å². The molecule has 10 heavy (non-hydrogen) atoms. The smallest absolute Gasteiger partial charge is 0.194 e. The lowest BCUT2D eigenvalue weighted by molar-refractivity contribution is 0.719. The van der Waals surface area contributed by atoms with E-state index >= 15 is 0 Å². The molecule has 0 aliphatic carbocycles. The zero-order valence-electron chi connectivity index (χ0n) is 7.36. The minimum absolute atomic E-state index is 0.290. The molecule has 0 saturated heterocycles. The molecule has 0 atom stereocenters. The SMILES string of the molecule is CC(C)(C)[Si](C)(C)N=C=S. The van der Waals surface area contributed by atoms with E-state index in [4.69, 9.17) is 0 Å². The lowest BCUT2D eigenvalue weighted by Gasteiger charge is -2.30. The predicted molar refractivity (Wildman–Crippen MR) is 52.2 cm³/mol. The molecule has 58 valence electrons. The van der Waals surface area contributed by atoms with Gasteiger partial charge in [-0.3, -0.25) is 4.66 Å². The third kappa shape index (κ3) is 2.33. The molecule has 0 N–H and O–H groups in total. The summed E-state index contributed by atoms with van der Waals surface area (Å²) in [6.07, 6.45) is 0. The van der Waals surface area contributed by atoms with E-state index in [2.05, 4.69) is 55.9 Å². The number of isothiocyanates is 1. The van der Waals surface area contributed by atoms with Crippen LogP contribution in [0.15, 0.2) is 4.66 Å². The highest BCUT2D eigenvalue weighted by molar-refractivity contribution is 7.78. The van der Waals surface area contributed by atoms with E-state index in [-0.39, 0.29) is 0 Å². The first-order chi connectivity index (χ1) is 4.31. The van der Waals surface area contributed by atoms with Gasteiger partial charge in [-0.25, -0.2) is 0 Å². The summed E-state index contributed by atoms with van der Waals surface area (Å²) in [5, 5.41) is 2.78. The lowest BCUT2D eigenvalue weighted by Crippen LogP contribution is -2.34. The van der Waals surface area contributed by atoms with Crippen LogP contribution in [0.2, 0.25) is 18.1 Å². The predicted octanol–water partition coefficient (Wildman–Crippen LogP) is 3.09. The monoisotopic (exact) mass is 173 g/mol. The average molecular weight is 173 g/mol. The Labute approximate surface area is 69.6 Å². The molecule has 0 fully saturated rings. The van der Waals surface area contributed by atoms with Crippen LogP contribution in [0.1, 0.15) is 20.8 Å². The molecule has 0 spiro atoms. The van der Waals surface area contributed by atoms with E-state index < -0.39 is 8.24 Å². The Morgan fingerprint density at radius 3 is 1.80 bits per heavy atom. The van der Waals surface area contributed by atoms with Crippen molar-refractivity contribution in [2.24, 2.45) is 4.66 Å². The first kappa shape index (κ1) is 10.0.